The SMILES string of the molecule is O=C(NCCS(=O)(=O)N1CCN(c2ncccn2)CC1)c1ccccc1. The first-order valence-corrected chi connectivity index (χ1v) is 10.0. The predicted octanol–water partition coefficient (Wildman–Crippen LogP) is 0.358. The minimum Gasteiger partial charge on any atom is -0.351 e. The molecule has 3 rings (SSSR count). The zero-order valence-corrected chi connectivity index (χ0v) is 15.1. The van der Waals surface area contributed by atoms with Gasteiger partial charge in [0.2, 0.25) is 16.0 Å². The number of anilines is 1. The molecule has 9 heteroatoms. The van der Waals surface area contributed by atoms with Gasteiger partial charge in [-0.15, -0.1) is 0 Å². The number of rotatable bonds is 6. The van der Waals surface area contributed by atoms with Crippen LogP contribution in [0.2, 0.25) is 0 Å². The fraction of sp³-hybridized carbons (Fsp3) is 0.353. The number of amides is 1. The summed E-state index contributed by atoms with van der Waals surface area (Å²) in [5.41, 5.74) is 0.515. The molecule has 8 nitrogen and oxygen atoms in total. The maximum absolute atomic E-state index is 12.5. The first kappa shape index (κ1) is 18.3. The van der Waals surface area contributed by atoms with E-state index in [4.69, 9.17) is 0 Å². The van der Waals surface area contributed by atoms with Gasteiger partial charge in [0, 0.05) is 50.7 Å². The lowest BCUT2D eigenvalue weighted by atomic mass is 10.2. The Hall–Kier alpha value is -2.52. The van der Waals surface area contributed by atoms with Crippen molar-refractivity contribution in [2.45, 2.75) is 0 Å². The molecule has 1 aromatic carbocycles. The largest absolute Gasteiger partial charge is 0.351 e. The van der Waals surface area contributed by atoms with Gasteiger partial charge in [-0.1, -0.05) is 18.2 Å². The molecule has 0 saturated carbocycles. The Kier molecular flexibility index (Phi) is 5.79. The molecule has 0 atom stereocenters. The van der Waals surface area contributed by atoms with Crippen molar-refractivity contribution in [2.75, 3.05) is 43.4 Å². The maximum Gasteiger partial charge on any atom is 0.251 e. The van der Waals surface area contributed by atoms with Gasteiger partial charge in [0.15, 0.2) is 0 Å². The third-order valence-corrected chi connectivity index (χ3v) is 6.02. The number of nitrogens with one attached hydrogen (secondary N) is 1. The molecular formula is C17H21N5O3S. The van der Waals surface area contributed by atoms with Gasteiger partial charge in [0.05, 0.1) is 5.75 Å². The fourth-order valence-electron chi connectivity index (χ4n) is 2.74. The van der Waals surface area contributed by atoms with E-state index in [-0.39, 0.29) is 18.2 Å². The minimum atomic E-state index is -3.42. The molecule has 2 heterocycles. The molecule has 1 aromatic heterocycles. The van der Waals surface area contributed by atoms with Crippen LogP contribution in [-0.4, -0.2) is 67.1 Å². The quantitative estimate of drug-likeness (QED) is 0.783. The number of carbonyl (C=O) groups is 1. The highest BCUT2D eigenvalue weighted by atomic mass is 32.2. The van der Waals surface area contributed by atoms with Gasteiger partial charge in [-0.25, -0.2) is 18.4 Å². The van der Waals surface area contributed by atoms with Crippen molar-refractivity contribution in [1.29, 1.82) is 0 Å². The maximum atomic E-state index is 12.5. The molecule has 1 fully saturated rings. The van der Waals surface area contributed by atoms with Gasteiger partial charge in [0.1, 0.15) is 0 Å². The van der Waals surface area contributed by atoms with Crippen LogP contribution in [0, 0.1) is 0 Å². The van der Waals surface area contributed by atoms with E-state index < -0.39 is 10.0 Å². The van der Waals surface area contributed by atoms with Crippen LogP contribution in [0.5, 0.6) is 0 Å². The minimum absolute atomic E-state index is 0.0814. The van der Waals surface area contributed by atoms with E-state index >= 15 is 0 Å². The molecule has 1 N–H and O–H groups in total. The van der Waals surface area contributed by atoms with Crippen LogP contribution in [0.25, 0.3) is 0 Å². The first-order chi connectivity index (χ1) is 12.6. The van der Waals surface area contributed by atoms with Crippen molar-refractivity contribution in [2.24, 2.45) is 0 Å². The predicted molar refractivity (Wildman–Crippen MR) is 98.4 cm³/mol. The van der Waals surface area contributed by atoms with E-state index in [9.17, 15) is 13.2 Å². The Balaban J connectivity index is 1.48. The summed E-state index contributed by atoms with van der Waals surface area (Å²) in [6, 6.07) is 10.5. The van der Waals surface area contributed by atoms with Gasteiger partial charge >= 0.3 is 0 Å². The third kappa shape index (κ3) is 4.55. The summed E-state index contributed by atoms with van der Waals surface area (Å²) in [5, 5.41) is 2.65. The molecule has 1 aliphatic rings. The van der Waals surface area contributed by atoms with Crippen LogP contribution < -0.4 is 10.2 Å². The van der Waals surface area contributed by atoms with Crippen LogP contribution >= 0.6 is 0 Å². The number of hydrogen-bond donors (Lipinski definition) is 1. The lowest BCUT2D eigenvalue weighted by Crippen LogP contribution is -2.50. The summed E-state index contributed by atoms with van der Waals surface area (Å²) in [5.74, 6) is 0.222. The number of aromatic nitrogens is 2. The Bertz CT molecular complexity index is 822. The first-order valence-electron chi connectivity index (χ1n) is 8.39. The van der Waals surface area contributed by atoms with E-state index in [2.05, 4.69) is 15.3 Å². The highest BCUT2D eigenvalue weighted by molar-refractivity contribution is 7.89. The average molecular weight is 375 g/mol. The zero-order valence-electron chi connectivity index (χ0n) is 14.3. The number of benzene rings is 1. The normalized spacial score (nSPS) is 15.6. The summed E-state index contributed by atoms with van der Waals surface area (Å²) in [4.78, 5) is 22.3. The molecule has 0 spiro atoms. The summed E-state index contributed by atoms with van der Waals surface area (Å²) in [6.07, 6.45) is 3.34. The molecule has 2 aromatic rings. The number of nitrogens with zero attached hydrogens (tertiary/aromatic N) is 4. The topological polar surface area (TPSA) is 95.5 Å². The highest BCUT2D eigenvalue weighted by Gasteiger charge is 2.27. The Morgan fingerprint density at radius 3 is 2.31 bits per heavy atom. The highest BCUT2D eigenvalue weighted by Crippen LogP contribution is 2.12. The molecule has 26 heavy (non-hydrogen) atoms. The van der Waals surface area contributed by atoms with Gasteiger partial charge in [0.25, 0.3) is 5.91 Å². The molecular weight excluding hydrogens is 354 g/mol. The van der Waals surface area contributed by atoms with Gasteiger partial charge in [-0.3, -0.25) is 4.79 Å². The van der Waals surface area contributed by atoms with Crippen LogP contribution in [0.15, 0.2) is 48.8 Å². The fourth-order valence-corrected chi connectivity index (χ4v) is 4.07. The number of sulfonamides is 1. The molecule has 0 radical (unpaired) electrons. The summed E-state index contributed by atoms with van der Waals surface area (Å²) >= 11 is 0. The second-order valence-electron chi connectivity index (χ2n) is 5.87. The Morgan fingerprint density at radius 2 is 1.65 bits per heavy atom. The van der Waals surface area contributed by atoms with Crippen molar-refractivity contribution in [3.8, 4) is 0 Å². The zero-order chi connectivity index (χ0) is 18.4. The Labute approximate surface area is 152 Å². The van der Waals surface area contributed by atoms with Crippen molar-refractivity contribution >= 4 is 21.9 Å². The molecule has 0 aliphatic carbocycles. The smallest absolute Gasteiger partial charge is 0.251 e. The molecule has 1 aliphatic heterocycles. The van der Waals surface area contributed by atoms with Crippen molar-refractivity contribution < 1.29 is 13.2 Å². The molecule has 0 unspecified atom stereocenters. The number of carbonyl (C=O) groups excluding carboxylic acids is 1. The van der Waals surface area contributed by atoms with Crippen LogP contribution in [0.1, 0.15) is 10.4 Å². The number of hydrogen-bond acceptors (Lipinski definition) is 6. The molecule has 1 amide bonds. The van der Waals surface area contributed by atoms with E-state index in [1.807, 2.05) is 11.0 Å². The molecule has 1 saturated heterocycles. The lowest BCUT2D eigenvalue weighted by Gasteiger charge is -2.33. The van der Waals surface area contributed by atoms with Crippen molar-refractivity contribution in [3.05, 3.63) is 54.4 Å². The number of piperazine rings is 1. The van der Waals surface area contributed by atoms with Crippen LogP contribution in [-0.2, 0) is 10.0 Å². The van der Waals surface area contributed by atoms with E-state index in [1.54, 1.807) is 42.7 Å². The summed E-state index contributed by atoms with van der Waals surface area (Å²) < 4.78 is 26.4. The average Bonchev–Trinajstić information content (AvgIpc) is 2.69. The Morgan fingerprint density at radius 1 is 1.00 bits per heavy atom. The van der Waals surface area contributed by atoms with E-state index in [1.165, 1.54) is 4.31 Å². The van der Waals surface area contributed by atoms with Gasteiger partial charge in [-0.05, 0) is 18.2 Å². The van der Waals surface area contributed by atoms with E-state index in [0.717, 1.165) is 0 Å². The summed E-state index contributed by atoms with van der Waals surface area (Å²) in [7, 11) is -3.42. The lowest BCUT2D eigenvalue weighted by molar-refractivity contribution is 0.0956. The van der Waals surface area contributed by atoms with Crippen LogP contribution in [0.3, 0.4) is 0 Å². The van der Waals surface area contributed by atoms with E-state index in [0.29, 0.717) is 37.7 Å². The second kappa shape index (κ2) is 8.24. The molecule has 138 valence electrons. The van der Waals surface area contributed by atoms with Crippen molar-refractivity contribution in [3.63, 3.8) is 0 Å². The standard InChI is InChI=1S/C17H21N5O3S/c23-16(15-5-2-1-3-6-15)18-9-14-26(24,25)22-12-10-21(11-13-22)17-19-7-4-8-20-17/h1-8H,9-14H2,(H,18,23). The monoisotopic (exact) mass is 375 g/mol. The van der Waals surface area contributed by atoms with Gasteiger partial charge in [-0.2, -0.15) is 4.31 Å². The second-order valence-corrected chi connectivity index (χ2v) is 7.96. The van der Waals surface area contributed by atoms with Gasteiger partial charge < -0.3 is 10.2 Å². The van der Waals surface area contributed by atoms with Crippen molar-refractivity contribution in [1.82, 2.24) is 19.6 Å². The third-order valence-electron chi connectivity index (χ3n) is 4.15. The summed E-state index contributed by atoms with van der Waals surface area (Å²) in [6.45, 7) is 1.93. The molecule has 0 bridgehead atoms. The van der Waals surface area contributed by atoms with Crippen LogP contribution in [0.4, 0.5) is 5.95 Å².